The number of thioether (sulfide) groups is 1. The van der Waals surface area contributed by atoms with Crippen molar-refractivity contribution in [1.82, 2.24) is 4.90 Å². The van der Waals surface area contributed by atoms with Gasteiger partial charge in [-0.1, -0.05) is 24.0 Å². The Bertz CT molecular complexity index is 566. The van der Waals surface area contributed by atoms with E-state index in [4.69, 9.17) is 21.7 Å². The molecular weight excluding hydrogens is 389 g/mol. The van der Waals surface area contributed by atoms with Gasteiger partial charge < -0.3 is 9.52 Å². The lowest BCUT2D eigenvalue weighted by Gasteiger charge is -2.09. The quantitative estimate of drug-likeness (QED) is 0.481. The molecule has 0 aliphatic carbocycles. The third kappa shape index (κ3) is 2.93. The number of hydrogen-bond acceptors (Lipinski definition) is 5. The summed E-state index contributed by atoms with van der Waals surface area (Å²) in [6.45, 7) is -0.419. The van der Waals surface area contributed by atoms with E-state index in [1.165, 1.54) is 0 Å². The fourth-order valence-corrected chi connectivity index (χ4v) is 2.98. The largest absolute Gasteiger partial charge is 0.480 e. The van der Waals surface area contributed by atoms with E-state index in [0.717, 1.165) is 16.7 Å². The Kier molecular flexibility index (Phi) is 4.07. The van der Waals surface area contributed by atoms with Crippen molar-refractivity contribution in [1.29, 1.82) is 0 Å². The lowest BCUT2D eigenvalue weighted by atomic mass is 10.3. The van der Waals surface area contributed by atoms with E-state index in [9.17, 15) is 9.59 Å². The molecule has 1 fully saturated rings. The molecule has 1 saturated heterocycles. The van der Waals surface area contributed by atoms with Gasteiger partial charge in [0.05, 0.1) is 4.91 Å². The molecule has 8 heteroatoms. The van der Waals surface area contributed by atoms with E-state index < -0.39 is 18.4 Å². The summed E-state index contributed by atoms with van der Waals surface area (Å²) in [4.78, 5) is 23.9. The van der Waals surface area contributed by atoms with Gasteiger partial charge in [0, 0.05) is 6.08 Å². The first kappa shape index (κ1) is 13.6. The smallest absolute Gasteiger partial charge is 0.323 e. The van der Waals surface area contributed by atoms with Gasteiger partial charge in [-0.2, -0.15) is 0 Å². The molecule has 0 atom stereocenters. The van der Waals surface area contributed by atoms with Crippen LogP contribution in [-0.2, 0) is 9.59 Å². The minimum atomic E-state index is -1.10. The molecule has 1 aliphatic rings. The highest BCUT2D eigenvalue weighted by atomic mass is 127. The first-order chi connectivity index (χ1) is 8.47. The van der Waals surface area contributed by atoms with E-state index in [-0.39, 0.29) is 4.32 Å². The topological polar surface area (TPSA) is 70.8 Å². The van der Waals surface area contributed by atoms with Crippen LogP contribution in [0.25, 0.3) is 6.08 Å². The van der Waals surface area contributed by atoms with Crippen LogP contribution in [0, 0.1) is 3.77 Å². The molecule has 0 aromatic carbocycles. The molecular formula is C10H6INO4S2. The number of carbonyl (C=O) groups excluding carboxylic acids is 1. The number of furan rings is 1. The summed E-state index contributed by atoms with van der Waals surface area (Å²) < 4.78 is 6.27. The van der Waals surface area contributed by atoms with Gasteiger partial charge in [0.2, 0.25) is 0 Å². The molecule has 0 unspecified atom stereocenters. The number of carboxylic acids is 1. The van der Waals surface area contributed by atoms with Crippen LogP contribution in [0.4, 0.5) is 0 Å². The molecule has 2 heterocycles. The monoisotopic (exact) mass is 395 g/mol. The highest BCUT2D eigenvalue weighted by Crippen LogP contribution is 2.32. The molecule has 5 nitrogen and oxygen atoms in total. The molecule has 1 aliphatic heterocycles. The zero-order chi connectivity index (χ0) is 13.3. The van der Waals surface area contributed by atoms with Gasteiger partial charge in [-0.05, 0) is 34.7 Å². The van der Waals surface area contributed by atoms with Gasteiger partial charge in [-0.3, -0.25) is 14.5 Å². The van der Waals surface area contributed by atoms with Crippen molar-refractivity contribution in [2.45, 2.75) is 0 Å². The SMILES string of the molecule is O=C(O)CN1C(=O)/C(=C\c2ccc(I)o2)SC1=S. The summed E-state index contributed by atoms with van der Waals surface area (Å²) in [6.07, 6.45) is 1.56. The van der Waals surface area contributed by atoms with E-state index in [1.54, 1.807) is 18.2 Å². The van der Waals surface area contributed by atoms with E-state index in [1.807, 2.05) is 22.6 Å². The summed E-state index contributed by atoms with van der Waals surface area (Å²) >= 11 is 8.05. The summed E-state index contributed by atoms with van der Waals surface area (Å²) in [5.74, 6) is -0.964. The first-order valence-electron chi connectivity index (χ1n) is 4.70. The Morgan fingerprint density at radius 1 is 1.61 bits per heavy atom. The standard InChI is InChI=1S/C10H6INO4S2/c11-7-2-1-5(16-7)3-6-9(15)12(4-8(13)14)10(17)18-6/h1-3H,4H2,(H,13,14)/b6-3+. The molecule has 1 aromatic heterocycles. The molecule has 1 N–H and O–H groups in total. The Hall–Kier alpha value is -0.870. The van der Waals surface area contributed by atoms with Crippen LogP contribution >= 0.6 is 46.6 Å². The van der Waals surface area contributed by atoms with Crippen molar-refractivity contribution >= 4 is 68.8 Å². The number of thiocarbonyl (C=S) groups is 1. The molecule has 0 spiro atoms. The summed E-state index contributed by atoms with van der Waals surface area (Å²) in [7, 11) is 0. The van der Waals surface area contributed by atoms with Crippen LogP contribution < -0.4 is 0 Å². The lowest BCUT2D eigenvalue weighted by Crippen LogP contribution is -2.33. The number of halogens is 1. The van der Waals surface area contributed by atoms with Gasteiger partial charge in [0.25, 0.3) is 5.91 Å². The minimum absolute atomic E-state index is 0.245. The molecule has 18 heavy (non-hydrogen) atoms. The average Bonchev–Trinajstić information content (AvgIpc) is 2.78. The number of carboxylic acid groups (broad SMARTS) is 1. The number of aliphatic carboxylic acids is 1. The van der Waals surface area contributed by atoms with Crippen LogP contribution in [0.2, 0.25) is 0 Å². The maximum Gasteiger partial charge on any atom is 0.323 e. The van der Waals surface area contributed by atoms with Crippen LogP contribution in [0.1, 0.15) is 5.76 Å². The van der Waals surface area contributed by atoms with Crippen LogP contribution in [0.5, 0.6) is 0 Å². The first-order valence-corrected chi connectivity index (χ1v) is 7.00. The molecule has 1 amide bonds. The second-order valence-corrected chi connectivity index (χ2v) is 6.04. The van der Waals surface area contributed by atoms with Crippen LogP contribution in [-0.4, -0.2) is 32.7 Å². The molecule has 0 bridgehead atoms. The van der Waals surface area contributed by atoms with Crippen molar-refractivity contribution in [2.24, 2.45) is 0 Å². The Balaban J connectivity index is 2.22. The summed E-state index contributed by atoms with van der Waals surface area (Å²) in [5.41, 5.74) is 0. The molecule has 94 valence electrons. The highest BCUT2D eigenvalue weighted by Gasteiger charge is 2.33. The molecule has 0 saturated carbocycles. The van der Waals surface area contributed by atoms with E-state index in [2.05, 4.69) is 0 Å². The summed E-state index contributed by atoms with van der Waals surface area (Å²) in [6, 6.07) is 3.50. The number of nitrogens with zero attached hydrogens (tertiary/aromatic N) is 1. The normalized spacial score (nSPS) is 17.8. The number of hydrogen-bond donors (Lipinski definition) is 1. The van der Waals surface area contributed by atoms with Gasteiger partial charge in [0.15, 0.2) is 3.77 Å². The predicted octanol–water partition coefficient (Wildman–Crippen LogP) is 2.17. The van der Waals surface area contributed by atoms with Gasteiger partial charge in [0.1, 0.15) is 16.6 Å². The molecule has 2 rings (SSSR count). The second kappa shape index (κ2) is 5.41. The predicted molar refractivity (Wildman–Crippen MR) is 78.9 cm³/mol. The number of carbonyl (C=O) groups is 2. The van der Waals surface area contributed by atoms with Crippen LogP contribution in [0.15, 0.2) is 21.5 Å². The minimum Gasteiger partial charge on any atom is -0.480 e. The van der Waals surface area contributed by atoms with Crippen molar-refractivity contribution in [3.05, 3.63) is 26.6 Å². The maximum absolute atomic E-state index is 11.9. The van der Waals surface area contributed by atoms with Crippen molar-refractivity contribution in [3.63, 3.8) is 0 Å². The number of rotatable bonds is 3. The average molecular weight is 395 g/mol. The maximum atomic E-state index is 11.9. The molecule has 0 radical (unpaired) electrons. The van der Waals surface area contributed by atoms with E-state index >= 15 is 0 Å². The second-order valence-electron chi connectivity index (χ2n) is 3.30. The van der Waals surface area contributed by atoms with Gasteiger partial charge >= 0.3 is 5.97 Å². The third-order valence-corrected chi connectivity index (χ3v) is 3.99. The van der Waals surface area contributed by atoms with Crippen molar-refractivity contribution in [2.75, 3.05) is 6.54 Å². The Morgan fingerprint density at radius 3 is 2.89 bits per heavy atom. The number of amides is 1. The van der Waals surface area contributed by atoms with Crippen molar-refractivity contribution in [3.8, 4) is 0 Å². The fraction of sp³-hybridized carbons (Fsp3) is 0.100. The Labute approximate surface area is 125 Å². The third-order valence-electron chi connectivity index (χ3n) is 2.03. The zero-order valence-corrected chi connectivity index (χ0v) is 12.5. The lowest BCUT2D eigenvalue weighted by molar-refractivity contribution is -0.140. The highest BCUT2D eigenvalue weighted by molar-refractivity contribution is 14.1. The van der Waals surface area contributed by atoms with E-state index in [0.29, 0.717) is 14.4 Å². The fourth-order valence-electron chi connectivity index (χ4n) is 1.31. The summed E-state index contributed by atoms with van der Waals surface area (Å²) in [5, 5.41) is 8.69. The Morgan fingerprint density at radius 2 is 2.33 bits per heavy atom. The molecule has 1 aromatic rings. The van der Waals surface area contributed by atoms with Crippen molar-refractivity contribution < 1.29 is 19.1 Å². The zero-order valence-electron chi connectivity index (χ0n) is 8.75. The van der Waals surface area contributed by atoms with Gasteiger partial charge in [-0.15, -0.1) is 0 Å². The van der Waals surface area contributed by atoms with Gasteiger partial charge in [-0.25, -0.2) is 0 Å². The van der Waals surface area contributed by atoms with Crippen LogP contribution in [0.3, 0.4) is 0 Å².